The van der Waals surface area contributed by atoms with E-state index in [1.54, 1.807) is 0 Å². The van der Waals surface area contributed by atoms with Gasteiger partial charge >= 0.3 is 0 Å². The molecule has 0 radical (unpaired) electrons. The lowest BCUT2D eigenvalue weighted by Gasteiger charge is -2.38. The Labute approximate surface area is 144 Å². The molecule has 24 heavy (non-hydrogen) atoms. The molecule has 1 amide bonds. The summed E-state index contributed by atoms with van der Waals surface area (Å²) in [5.74, 6) is 0.120. The van der Waals surface area contributed by atoms with E-state index in [-0.39, 0.29) is 18.0 Å². The second kappa shape index (κ2) is 8.10. The maximum absolute atomic E-state index is 12.9. The van der Waals surface area contributed by atoms with E-state index in [4.69, 9.17) is 10.5 Å². The van der Waals surface area contributed by atoms with Crippen molar-refractivity contribution in [1.82, 2.24) is 9.80 Å². The normalized spacial score (nSPS) is 23.9. The van der Waals surface area contributed by atoms with Crippen LogP contribution in [-0.2, 0) is 11.3 Å². The van der Waals surface area contributed by atoms with Crippen LogP contribution in [0.3, 0.4) is 0 Å². The third-order valence-electron chi connectivity index (χ3n) is 5.13. The summed E-state index contributed by atoms with van der Waals surface area (Å²) in [6.45, 7) is 7.32. The highest BCUT2D eigenvalue weighted by Crippen LogP contribution is 2.22. The second-order valence-corrected chi connectivity index (χ2v) is 7.01. The average Bonchev–Trinajstić information content (AvgIpc) is 2.62. The zero-order valence-corrected chi connectivity index (χ0v) is 14.6. The number of hydrogen-bond acceptors (Lipinski definition) is 4. The Bertz CT molecular complexity index is 538. The molecule has 2 aliphatic rings. The molecule has 2 heterocycles. The Morgan fingerprint density at radius 2 is 1.92 bits per heavy atom. The van der Waals surface area contributed by atoms with Crippen LogP contribution in [0.15, 0.2) is 24.3 Å². The third-order valence-corrected chi connectivity index (χ3v) is 5.13. The Morgan fingerprint density at radius 1 is 1.21 bits per heavy atom. The molecule has 0 aliphatic carbocycles. The number of morpholine rings is 1. The largest absolute Gasteiger partial charge is 0.379 e. The zero-order valence-electron chi connectivity index (χ0n) is 14.6. The number of nitrogens with two attached hydrogens (primary N) is 1. The van der Waals surface area contributed by atoms with Crippen molar-refractivity contribution in [2.45, 2.75) is 44.8 Å². The van der Waals surface area contributed by atoms with Crippen LogP contribution >= 0.6 is 0 Å². The van der Waals surface area contributed by atoms with Gasteiger partial charge in [-0.15, -0.1) is 0 Å². The monoisotopic (exact) mass is 331 g/mol. The molecular weight excluding hydrogens is 302 g/mol. The second-order valence-electron chi connectivity index (χ2n) is 7.01. The quantitative estimate of drug-likeness (QED) is 0.915. The van der Waals surface area contributed by atoms with Crippen molar-refractivity contribution in [2.75, 3.05) is 32.8 Å². The van der Waals surface area contributed by atoms with Gasteiger partial charge in [0.05, 0.1) is 13.2 Å². The Kier molecular flexibility index (Phi) is 5.87. The number of carbonyl (C=O) groups is 1. The van der Waals surface area contributed by atoms with Crippen molar-refractivity contribution in [1.29, 1.82) is 0 Å². The maximum atomic E-state index is 12.9. The summed E-state index contributed by atoms with van der Waals surface area (Å²) in [5.41, 5.74) is 8.11. The molecule has 0 saturated carbocycles. The van der Waals surface area contributed by atoms with Crippen LogP contribution < -0.4 is 5.73 Å². The van der Waals surface area contributed by atoms with Crippen molar-refractivity contribution in [3.05, 3.63) is 35.4 Å². The Hall–Kier alpha value is -1.43. The van der Waals surface area contributed by atoms with Gasteiger partial charge in [-0.1, -0.05) is 12.1 Å². The van der Waals surface area contributed by atoms with Crippen LogP contribution in [0.5, 0.6) is 0 Å². The molecule has 132 valence electrons. The first-order chi connectivity index (χ1) is 11.6. The van der Waals surface area contributed by atoms with Crippen molar-refractivity contribution in [3.63, 3.8) is 0 Å². The van der Waals surface area contributed by atoms with E-state index in [0.717, 1.165) is 64.2 Å². The average molecular weight is 331 g/mol. The van der Waals surface area contributed by atoms with E-state index >= 15 is 0 Å². The molecule has 5 nitrogen and oxygen atoms in total. The van der Waals surface area contributed by atoms with Crippen molar-refractivity contribution >= 4 is 5.91 Å². The molecule has 3 rings (SSSR count). The molecule has 1 aromatic carbocycles. The van der Waals surface area contributed by atoms with Gasteiger partial charge in [-0.3, -0.25) is 9.69 Å². The van der Waals surface area contributed by atoms with Crippen molar-refractivity contribution in [3.8, 4) is 0 Å². The minimum absolute atomic E-state index is 0.0230. The minimum atomic E-state index is 0.0230. The van der Waals surface area contributed by atoms with Gasteiger partial charge in [0.2, 0.25) is 0 Å². The summed E-state index contributed by atoms with van der Waals surface area (Å²) >= 11 is 0. The van der Waals surface area contributed by atoms with Crippen LogP contribution in [0.25, 0.3) is 0 Å². The fourth-order valence-corrected chi connectivity index (χ4v) is 3.69. The van der Waals surface area contributed by atoms with E-state index in [2.05, 4.69) is 17.0 Å². The lowest BCUT2D eigenvalue weighted by Crippen LogP contribution is -2.51. The lowest BCUT2D eigenvalue weighted by atomic mass is 9.96. The van der Waals surface area contributed by atoms with Gasteiger partial charge < -0.3 is 15.4 Å². The van der Waals surface area contributed by atoms with Crippen LogP contribution in [0, 0.1) is 0 Å². The summed E-state index contributed by atoms with van der Waals surface area (Å²) in [6.07, 6.45) is 3.25. The number of carbonyl (C=O) groups excluding carboxylic acids is 1. The number of nitrogens with zero attached hydrogens (tertiary/aromatic N) is 2. The molecule has 0 spiro atoms. The molecule has 0 bridgehead atoms. The Balaban J connectivity index is 1.64. The summed E-state index contributed by atoms with van der Waals surface area (Å²) in [4.78, 5) is 17.2. The predicted octanol–water partition coefficient (Wildman–Crippen LogP) is 1.86. The molecular formula is C19H29N3O2. The van der Waals surface area contributed by atoms with Crippen LogP contribution in [0.4, 0.5) is 0 Å². The first-order valence-corrected chi connectivity index (χ1v) is 9.11. The number of piperidine rings is 1. The zero-order chi connectivity index (χ0) is 16.9. The molecule has 1 aromatic rings. The number of ether oxygens (including phenoxy) is 1. The van der Waals surface area contributed by atoms with Gasteiger partial charge in [0.25, 0.3) is 5.91 Å². The standard InChI is InChI=1S/C19H29N3O2/c1-15(20)18-4-2-3-9-22(18)19(23)17-7-5-16(6-8-17)14-21-10-12-24-13-11-21/h5-8,15,18H,2-4,9-14,20H2,1H3/t15-,18-/m1/s1. The summed E-state index contributed by atoms with van der Waals surface area (Å²) < 4.78 is 5.38. The molecule has 0 unspecified atom stereocenters. The highest BCUT2D eigenvalue weighted by Gasteiger charge is 2.29. The molecule has 2 atom stereocenters. The topological polar surface area (TPSA) is 58.8 Å². The molecule has 2 saturated heterocycles. The van der Waals surface area contributed by atoms with Gasteiger partial charge in [0, 0.05) is 43.8 Å². The van der Waals surface area contributed by atoms with E-state index in [1.165, 1.54) is 5.56 Å². The van der Waals surface area contributed by atoms with Gasteiger partial charge in [-0.05, 0) is 43.9 Å². The SMILES string of the molecule is C[C@@H](N)[C@H]1CCCCN1C(=O)c1ccc(CN2CCOCC2)cc1. The van der Waals surface area contributed by atoms with Gasteiger partial charge in [-0.2, -0.15) is 0 Å². The van der Waals surface area contributed by atoms with E-state index in [1.807, 2.05) is 24.0 Å². The van der Waals surface area contributed by atoms with E-state index in [9.17, 15) is 4.79 Å². The fourth-order valence-electron chi connectivity index (χ4n) is 3.69. The summed E-state index contributed by atoms with van der Waals surface area (Å²) in [5, 5.41) is 0. The van der Waals surface area contributed by atoms with E-state index in [0.29, 0.717) is 0 Å². The smallest absolute Gasteiger partial charge is 0.254 e. The van der Waals surface area contributed by atoms with Crippen LogP contribution in [0.2, 0.25) is 0 Å². The number of amides is 1. The highest BCUT2D eigenvalue weighted by atomic mass is 16.5. The van der Waals surface area contributed by atoms with Crippen LogP contribution in [-0.4, -0.2) is 60.6 Å². The van der Waals surface area contributed by atoms with Gasteiger partial charge in [0.1, 0.15) is 0 Å². The molecule has 5 heteroatoms. The number of likely N-dealkylation sites (tertiary alicyclic amines) is 1. The van der Waals surface area contributed by atoms with Crippen molar-refractivity contribution in [2.24, 2.45) is 5.73 Å². The van der Waals surface area contributed by atoms with Crippen molar-refractivity contribution < 1.29 is 9.53 Å². The molecule has 2 N–H and O–H groups in total. The van der Waals surface area contributed by atoms with Crippen LogP contribution in [0.1, 0.15) is 42.1 Å². The first-order valence-electron chi connectivity index (χ1n) is 9.11. The highest BCUT2D eigenvalue weighted by molar-refractivity contribution is 5.94. The third kappa shape index (κ3) is 4.15. The maximum Gasteiger partial charge on any atom is 0.254 e. The van der Waals surface area contributed by atoms with Gasteiger partial charge in [-0.25, -0.2) is 0 Å². The number of benzene rings is 1. The summed E-state index contributed by atoms with van der Waals surface area (Å²) in [7, 11) is 0. The minimum Gasteiger partial charge on any atom is -0.379 e. The fraction of sp³-hybridized carbons (Fsp3) is 0.632. The molecule has 0 aromatic heterocycles. The first kappa shape index (κ1) is 17.4. The predicted molar refractivity (Wildman–Crippen MR) is 94.9 cm³/mol. The molecule has 2 fully saturated rings. The lowest BCUT2D eigenvalue weighted by molar-refractivity contribution is 0.0342. The Morgan fingerprint density at radius 3 is 2.58 bits per heavy atom. The van der Waals surface area contributed by atoms with Gasteiger partial charge in [0.15, 0.2) is 0 Å². The number of hydrogen-bond donors (Lipinski definition) is 1. The summed E-state index contributed by atoms with van der Waals surface area (Å²) in [6, 6.07) is 8.27. The van der Waals surface area contributed by atoms with E-state index < -0.39 is 0 Å². The number of rotatable bonds is 4. The molecule has 2 aliphatic heterocycles.